The van der Waals surface area contributed by atoms with E-state index >= 15 is 0 Å². The van der Waals surface area contributed by atoms with Gasteiger partial charge >= 0.3 is 0 Å². The Hall–Kier alpha value is -1.32. The zero-order valence-corrected chi connectivity index (χ0v) is 13.9. The molecule has 2 atom stereocenters. The standard InChI is InChI=1S/C17H20ClNOS/c1-13-7-10-15(11-8-13)21(20)17(18)12-9-14-5-3-4-6-16(14)19-2/h3-8,10-11,17,19H,9,12H2,1-2H3/t17-,21?/m0/s1. The molecule has 0 radical (unpaired) electrons. The third kappa shape index (κ3) is 4.32. The molecule has 0 heterocycles. The van der Waals surface area contributed by atoms with E-state index in [9.17, 15) is 4.21 Å². The highest BCUT2D eigenvalue weighted by molar-refractivity contribution is 7.87. The van der Waals surface area contributed by atoms with Gasteiger partial charge in [-0.3, -0.25) is 4.21 Å². The van der Waals surface area contributed by atoms with E-state index in [4.69, 9.17) is 11.6 Å². The van der Waals surface area contributed by atoms with Crippen LogP contribution in [0.1, 0.15) is 17.5 Å². The fraction of sp³-hybridized carbons (Fsp3) is 0.294. The molecule has 4 heteroatoms. The molecule has 0 aliphatic rings. The molecule has 21 heavy (non-hydrogen) atoms. The lowest BCUT2D eigenvalue weighted by Gasteiger charge is -2.12. The summed E-state index contributed by atoms with van der Waals surface area (Å²) in [5, 5.41) is 3.17. The minimum absolute atomic E-state index is 0.377. The number of hydrogen-bond acceptors (Lipinski definition) is 2. The highest BCUT2D eigenvalue weighted by atomic mass is 35.5. The first-order chi connectivity index (χ1) is 10.1. The van der Waals surface area contributed by atoms with Gasteiger partial charge in [-0.15, -0.1) is 11.6 Å². The molecular weight excluding hydrogens is 302 g/mol. The van der Waals surface area contributed by atoms with Gasteiger partial charge in [0.25, 0.3) is 0 Å². The number of alkyl halides is 1. The smallest absolute Gasteiger partial charge is 0.114 e. The van der Waals surface area contributed by atoms with Crippen LogP contribution < -0.4 is 5.32 Å². The topological polar surface area (TPSA) is 29.1 Å². The van der Waals surface area contributed by atoms with E-state index in [1.807, 2.05) is 56.4 Å². The maximum Gasteiger partial charge on any atom is 0.114 e. The molecule has 2 rings (SSSR count). The maximum atomic E-state index is 12.4. The van der Waals surface area contributed by atoms with E-state index in [2.05, 4.69) is 11.4 Å². The molecule has 2 nitrogen and oxygen atoms in total. The van der Waals surface area contributed by atoms with Crippen molar-refractivity contribution >= 4 is 28.1 Å². The van der Waals surface area contributed by atoms with E-state index in [1.54, 1.807) is 0 Å². The molecular formula is C17H20ClNOS. The zero-order valence-electron chi connectivity index (χ0n) is 12.3. The third-order valence-corrected chi connectivity index (χ3v) is 5.55. The molecule has 0 saturated carbocycles. The number of rotatable bonds is 6. The number of para-hydroxylation sites is 1. The van der Waals surface area contributed by atoms with Gasteiger partial charge in [0.05, 0.1) is 10.8 Å². The zero-order chi connectivity index (χ0) is 15.2. The summed E-state index contributed by atoms with van der Waals surface area (Å²) in [6.07, 6.45) is 1.49. The van der Waals surface area contributed by atoms with Crippen molar-refractivity contribution in [2.45, 2.75) is 29.4 Å². The molecule has 0 saturated heterocycles. The first-order valence-electron chi connectivity index (χ1n) is 6.99. The number of hydrogen-bond donors (Lipinski definition) is 1. The quantitative estimate of drug-likeness (QED) is 0.802. The number of aryl methyl sites for hydroxylation is 2. The SMILES string of the molecule is CNc1ccccc1CC[C@@H](Cl)S(=O)c1ccc(C)cc1. The van der Waals surface area contributed by atoms with Crippen molar-refractivity contribution in [2.75, 3.05) is 12.4 Å². The van der Waals surface area contributed by atoms with Crippen LogP contribution in [0.3, 0.4) is 0 Å². The van der Waals surface area contributed by atoms with Crippen molar-refractivity contribution in [3.8, 4) is 0 Å². The summed E-state index contributed by atoms with van der Waals surface area (Å²) in [7, 11) is 0.731. The molecule has 1 N–H and O–H groups in total. The molecule has 1 unspecified atom stereocenters. The Bertz CT molecular complexity index is 612. The summed E-state index contributed by atoms with van der Waals surface area (Å²) in [6, 6.07) is 15.8. The molecule has 0 aliphatic heterocycles. The first-order valence-corrected chi connectivity index (χ1v) is 8.63. The van der Waals surface area contributed by atoms with Crippen LogP contribution in [0.2, 0.25) is 0 Å². The Balaban J connectivity index is 1.99. The first kappa shape index (κ1) is 16.1. The van der Waals surface area contributed by atoms with Crippen molar-refractivity contribution in [3.63, 3.8) is 0 Å². The van der Waals surface area contributed by atoms with Crippen LogP contribution in [0.15, 0.2) is 53.4 Å². The molecule has 0 fully saturated rings. The van der Waals surface area contributed by atoms with Gasteiger partial charge in [-0.1, -0.05) is 35.9 Å². The van der Waals surface area contributed by atoms with Crippen molar-refractivity contribution in [3.05, 3.63) is 59.7 Å². The van der Waals surface area contributed by atoms with E-state index in [0.29, 0.717) is 6.42 Å². The molecule has 0 spiro atoms. The van der Waals surface area contributed by atoms with Gasteiger partial charge in [0, 0.05) is 17.6 Å². The molecule has 112 valence electrons. The number of benzene rings is 2. The lowest BCUT2D eigenvalue weighted by molar-refractivity contribution is 0.676. The summed E-state index contributed by atoms with van der Waals surface area (Å²) >= 11 is 6.33. The second-order valence-electron chi connectivity index (χ2n) is 4.97. The molecule has 0 aliphatic carbocycles. The molecule has 0 aromatic heterocycles. The predicted molar refractivity (Wildman–Crippen MR) is 91.5 cm³/mol. The molecule has 2 aromatic carbocycles. The van der Waals surface area contributed by atoms with E-state index in [1.165, 1.54) is 5.56 Å². The molecule has 2 aromatic rings. The van der Waals surface area contributed by atoms with Crippen LogP contribution in [-0.4, -0.2) is 16.0 Å². The van der Waals surface area contributed by atoms with Crippen molar-refractivity contribution in [2.24, 2.45) is 0 Å². The number of nitrogens with one attached hydrogen (secondary N) is 1. The normalized spacial score (nSPS) is 13.7. The fourth-order valence-electron chi connectivity index (χ4n) is 2.18. The monoisotopic (exact) mass is 321 g/mol. The third-order valence-electron chi connectivity index (χ3n) is 3.41. The highest BCUT2D eigenvalue weighted by Gasteiger charge is 2.16. The van der Waals surface area contributed by atoms with E-state index < -0.39 is 10.8 Å². The van der Waals surface area contributed by atoms with Crippen molar-refractivity contribution in [1.82, 2.24) is 0 Å². The molecule has 0 bridgehead atoms. The van der Waals surface area contributed by atoms with Crippen LogP contribution >= 0.6 is 11.6 Å². The predicted octanol–water partition coefficient (Wildman–Crippen LogP) is 4.34. The Morgan fingerprint density at radius 3 is 2.48 bits per heavy atom. The Morgan fingerprint density at radius 1 is 1.14 bits per heavy atom. The summed E-state index contributed by atoms with van der Waals surface area (Å²) in [5.74, 6) is 0. The van der Waals surface area contributed by atoms with Gasteiger partial charge < -0.3 is 5.32 Å². The van der Waals surface area contributed by atoms with Crippen LogP contribution in [-0.2, 0) is 17.2 Å². The lowest BCUT2D eigenvalue weighted by atomic mass is 10.1. The largest absolute Gasteiger partial charge is 0.388 e. The summed E-state index contributed by atoms with van der Waals surface area (Å²) in [6.45, 7) is 2.01. The maximum absolute atomic E-state index is 12.4. The van der Waals surface area contributed by atoms with Crippen molar-refractivity contribution < 1.29 is 4.21 Å². The minimum atomic E-state index is -1.17. The second-order valence-corrected chi connectivity index (χ2v) is 7.39. The van der Waals surface area contributed by atoms with E-state index in [-0.39, 0.29) is 4.71 Å². The minimum Gasteiger partial charge on any atom is -0.388 e. The Labute approximate surface area is 134 Å². The molecule has 0 amide bonds. The van der Waals surface area contributed by atoms with E-state index in [0.717, 1.165) is 22.6 Å². The fourth-order valence-corrected chi connectivity index (χ4v) is 3.63. The number of halogens is 1. The number of anilines is 1. The lowest BCUT2D eigenvalue weighted by Crippen LogP contribution is -2.10. The average molecular weight is 322 g/mol. The van der Waals surface area contributed by atoms with Crippen molar-refractivity contribution in [1.29, 1.82) is 0 Å². The summed E-state index contributed by atoms with van der Waals surface area (Å²) in [4.78, 5) is 0.794. The summed E-state index contributed by atoms with van der Waals surface area (Å²) in [5.41, 5.74) is 3.46. The van der Waals surface area contributed by atoms with Crippen LogP contribution in [0.4, 0.5) is 5.69 Å². The van der Waals surface area contributed by atoms with Crippen LogP contribution in [0.5, 0.6) is 0 Å². The van der Waals surface area contributed by atoms with Crippen LogP contribution in [0.25, 0.3) is 0 Å². The van der Waals surface area contributed by atoms with Gasteiger partial charge in [-0.2, -0.15) is 0 Å². The van der Waals surface area contributed by atoms with Crippen LogP contribution in [0, 0.1) is 6.92 Å². The van der Waals surface area contributed by atoms with Gasteiger partial charge in [0.2, 0.25) is 0 Å². The van der Waals surface area contributed by atoms with Gasteiger partial charge in [0.1, 0.15) is 4.71 Å². The van der Waals surface area contributed by atoms with Gasteiger partial charge in [-0.05, 0) is 43.5 Å². The summed E-state index contributed by atoms with van der Waals surface area (Å²) < 4.78 is 12.0. The Kier molecular flexibility index (Phi) is 5.83. The second kappa shape index (κ2) is 7.62. The van der Waals surface area contributed by atoms with Gasteiger partial charge in [-0.25, -0.2) is 0 Å². The Morgan fingerprint density at radius 2 is 1.81 bits per heavy atom. The van der Waals surface area contributed by atoms with Gasteiger partial charge in [0.15, 0.2) is 0 Å². The average Bonchev–Trinajstić information content (AvgIpc) is 2.52. The highest BCUT2D eigenvalue weighted by Crippen LogP contribution is 2.22.